The van der Waals surface area contributed by atoms with Crippen molar-refractivity contribution >= 4 is 26.3 Å². The summed E-state index contributed by atoms with van der Waals surface area (Å²) in [6, 6.07) is 0. The van der Waals surface area contributed by atoms with Gasteiger partial charge in [0.1, 0.15) is 0 Å². The summed E-state index contributed by atoms with van der Waals surface area (Å²) >= 11 is 1.25. The minimum absolute atomic E-state index is 0.955. The van der Waals surface area contributed by atoms with Gasteiger partial charge in [-0.25, -0.2) is 0 Å². The molecule has 0 saturated heterocycles. The van der Waals surface area contributed by atoms with Crippen LogP contribution in [0.2, 0.25) is 0 Å². The molecular formula is H2AlO2Si. The maximum absolute atomic E-state index is 9.17. The Bertz CT molecular complexity index is 20.0. The molecule has 0 spiro atoms. The Morgan fingerprint density at radius 2 is 2.25 bits per heavy atom. The van der Waals surface area contributed by atoms with E-state index in [2.05, 4.69) is 3.48 Å². The topological polar surface area (TPSA) is 26.3 Å². The van der Waals surface area contributed by atoms with E-state index < -0.39 is 9.65 Å². The van der Waals surface area contributed by atoms with Gasteiger partial charge >= 0.3 is 26.3 Å². The minimum atomic E-state index is -0.955. The van der Waals surface area contributed by atoms with Crippen LogP contribution in [0.15, 0.2) is 0 Å². The molecule has 4 heavy (non-hydrogen) atoms. The molecule has 0 aromatic rings. The van der Waals surface area contributed by atoms with E-state index in [1.807, 2.05) is 0 Å². The van der Waals surface area contributed by atoms with Gasteiger partial charge in [-0.1, -0.05) is 0 Å². The average Bonchev–Trinajstić information content (AvgIpc) is 1.37. The van der Waals surface area contributed by atoms with Crippen LogP contribution in [0.5, 0.6) is 0 Å². The Kier molecular flexibility index (Phi) is 3.64. The first kappa shape index (κ1) is 4.35. The normalized spacial score (nSPS) is 5.00. The van der Waals surface area contributed by atoms with Crippen LogP contribution in [0.4, 0.5) is 0 Å². The molecule has 0 aliphatic heterocycles. The molecule has 0 bridgehead atoms. The van der Waals surface area contributed by atoms with Gasteiger partial charge in [0.25, 0.3) is 0 Å². The second-order valence-corrected chi connectivity index (χ2v) is 1.79. The maximum Gasteiger partial charge on any atom is 0.480 e. The molecule has 1 radical (unpaired) electrons. The number of hydrogen-bond donors (Lipinski definition) is 0. The van der Waals surface area contributed by atoms with Crippen molar-refractivity contribution in [2.75, 3.05) is 0 Å². The lowest BCUT2D eigenvalue weighted by Gasteiger charge is -1.71. The van der Waals surface area contributed by atoms with Gasteiger partial charge in [0.15, 0.2) is 0 Å². The van der Waals surface area contributed by atoms with Crippen LogP contribution in [0.25, 0.3) is 0 Å². The largest absolute Gasteiger partial charge is 0.691 e. The van der Waals surface area contributed by atoms with Gasteiger partial charge in [0, 0.05) is 0 Å². The van der Waals surface area contributed by atoms with Crippen molar-refractivity contribution in [1.82, 2.24) is 0 Å². The Morgan fingerprint density at radius 1 is 2.00 bits per heavy atom. The molecule has 0 aliphatic rings. The molecule has 0 N–H and O–H groups in total. The third kappa shape index (κ3) is 2.35. The van der Waals surface area contributed by atoms with Gasteiger partial charge in [0.2, 0.25) is 0 Å². The highest BCUT2D eigenvalue weighted by Crippen LogP contribution is 1.29. The summed E-state index contributed by atoms with van der Waals surface area (Å²) < 4.78 is 13.3. The van der Waals surface area contributed by atoms with E-state index in [9.17, 15) is 0 Å². The van der Waals surface area contributed by atoms with Crippen molar-refractivity contribution in [3.63, 3.8) is 0 Å². The van der Waals surface area contributed by atoms with E-state index in [0.29, 0.717) is 0 Å². The molecule has 0 amide bonds. The molecule has 0 unspecified atom stereocenters. The highest BCUT2D eigenvalue weighted by atomic mass is 28.2. The Balaban J connectivity index is 2.30. The summed E-state index contributed by atoms with van der Waals surface area (Å²) in [5.74, 6) is 0. The van der Waals surface area contributed by atoms with Gasteiger partial charge < -0.3 is 7.94 Å². The Labute approximate surface area is 34.9 Å². The molecule has 0 atom stereocenters. The quantitative estimate of drug-likeness (QED) is 0.366. The van der Waals surface area contributed by atoms with Crippen molar-refractivity contribution in [2.24, 2.45) is 0 Å². The second-order valence-electron chi connectivity index (χ2n) is 0.263. The summed E-state index contributed by atoms with van der Waals surface area (Å²) in [7, 11) is -0.955. The third-order valence-electron chi connectivity index (χ3n) is 0.0680. The third-order valence-corrected chi connectivity index (χ3v) is 0.612. The van der Waals surface area contributed by atoms with Gasteiger partial charge in [-0.15, -0.1) is 0 Å². The van der Waals surface area contributed by atoms with Gasteiger partial charge in [0.05, 0.1) is 0 Å². The summed E-state index contributed by atoms with van der Waals surface area (Å²) in [5, 5.41) is 0. The Morgan fingerprint density at radius 3 is 2.25 bits per heavy atom. The fourth-order valence-electron chi connectivity index (χ4n) is 0. The molecule has 21 valence electrons. The zero-order chi connectivity index (χ0) is 3.41. The molecule has 0 aromatic carbocycles. The first-order valence-electron chi connectivity index (χ1n) is 0.760. The van der Waals surface area contributed by atoms with Crippen molar-refractivity contribution in [3.05, 3.63) is 0 Å². The highest BCUT2D eigenvalue weighted by Gasteiger charge is 1.52. The summed E-state index contributed by atoms with van der Waals surface area (Å²) in [5.41, 5.74) is 0. The van der Waals surface area contributed by atoms with Crippen LogP contribution >= 0.6 is 0 Å². The fraction of sp³-hybridized carbons (Fsp3) is 0. The second kappa shape index (κ2) is 3.35. The number of rotatable bonds is 1. The van der Waals surface area contributed by atoms with Crippen LogP contribution in [-0.2, 0) is 7.94 Å². The van der Waals surface area contributed by atoms with Crippen molar-refractivity contribution in [1.29, 1.82) is 0 Å². The highest BCUT2D eigenvalue weighted by molar-refractivity contribution is 6.20. The van der Waals surface area contributed by atoms with Crippen LogP contribution in [0.1, 0.15) is 0 Å². The van der Waals surface area contributed by atoms with Crippen LogP contribution in [0.3, 0.4) is 0 Å². The molecule has 4 heteroatoms. The monoisotopic (exact) mass is 89.0 g/mol. The van der Waals surface area contributed by atoms with Crippen LogP contribution in [-0.4, -0.2) is 26.3 Å². The summed E-state index contributed by atoms with van der Waals surface area (Å²) in [4.78, 5) is 0. The number of hydrogen-bond acceptors (Lipinski definition) is 2. The van der Waals surface area contributed by atoms with E-state index in [-0.39, 0.29) is 0 Å². The van der Waals surface area contributed by atoms with E-state index in [1.165, 1.54) is 16.6 Å². The van der Waals surface area contributed by atoms with E-state index in [0.717, 1.165) is 0 Å². The first-order chi connectivity index (χ1) is 1.91. The fourth-order valence-corrected chi connectivity index (χ4v) is 0. The lowest BCUT2D eigenvalue weighted by atomic mass is 15.8. The maximum atomic E-state index is 9.17. The zero-order valence-corrected chi connectivity index (χ0v) is 4.67. The SMILES string of the molecule is O=[SiH][O][AlH]. The molecule has 0 fully saturated rings. The molecule has 0 aromatic heterocycles. The van der Waals surface area contributed by atoms with Gasteiger partial charge in [-0.3, -0.25) is 0 Å². The molecular weight excluding hydrogens is 87.1 g/mol. The molecule has 0 saturated carbocycles. The van der Waals surface area contributed by atoms with Gasteiger partial charge in [-0.2, -0.15) is 0 Å². The molecule has 2 nitrogen and oxygen atoms in total. The smallest absolute Gasteiger partial charge is 0.480 e. The van der Waals surface area contributed by atoms with E-state index in [1.54, 1.807) is 0 Å². The first-order valence-corrected chi connectivity index (χ1v) is 2.28. The Hall–Kier alpha value is 0.349. The summed E-state index contributed by atoms with van der Waals surface area (Å²) in [6.07, 6.45) is 0. The van der Waals surface area contributed by atoms with Crippen LogP contribution < -0.4 is 0 Å². The van der Waals surface area contributed by atoms with Crippen molar-refractivity contribution < 1.29 is 7.94 Å². The van der Waals surface area contributed by atoms with Crippen molar-refractivity contribution in [3.8, 4) is 0 Å². The standard InChI is InChI=1S/Al.HO2Si.H/c;1-3-2;/h;3H;/q+1;-1;. The van der Waals surface area contributed by atoms with Gasteiger partial charge in [-0.05, 0) is 0 Å². The van der Waals surface area contributed by atoms with E-state index in [4.69, 9.17) is 4.46 Å². The molecule has 0 heterocycles. The lowest BCUT2D eigenvalue weighted by molar-refractivity contribution is 0.503. The predicted octanol–water partition coefficient (Wildman–Crippen LogP) is -1.48. The van der Waals surface area contributed by atoms with E-state index >= 15 is 0 Å². The molecule has 0 aliphatic carbocycles. The summed E-state index contributed by atoms with van der Waals surface area (Å²) in [6.45, 7) is 0. The van der Waals surface area contributed by atoms with Crippen molar-refractivity contribution in [2.45, 2.75) is 0 Å². The minimum Gasteiger partial charge on any atom is -0.691 e. The molecule has 0 rings (SSSR count). The predicted molar refractivity (Wildman–Crippen MR) is 16.1 cm³/mol. The lowest BCUT2D eigenvalue weighted by Crippen LogP contribution is -1.75. The zero-order valence-electron chi connectivity index (χ0n) is 2.10. The average molecular weight is 89.1 g/mol. The van der Waals surface area contributed by atoms with Crippen LogP contribution in [0, 0.1) is 0 Å².